The molecule has 1 aromatic heterocycles. The van der Waals surface area contributed by atoms with Gasteiger partial charge in [0.05, 0.1) is 30.1 Å². The number of aryl methyl sites for hydroxylation is 1. The smallest absolute Gasteiger partial charge is 0.126 e. The highest BCUT2D eigenvalue weighted by Gasteiger charge is 2.40. The third kappa shape index (κ3) is 1.63. The number of rotatable bonds is 2. The van der Waals surface area contributed by atoms with Gasteiger partial charge in [-0.3, -0.25) is 0 Å². The molecule has 2 bridgehead atoms. The normalized spacial score (nSPS) is 31.9. The van der Waals surface area contributed by atoms with Gasteiger partial charge in [-0.1, -0.05) is 0 Å². The molecule has 0 spiro atoms. The molecular weight excluding hydrogens is 202 g/mol. The highest BCUT2D eigenvalue weighted by molar-refractivity contribution is 5.51. The van der Waals surface area contributed by atoms with Crippen molar-refractivity contribution in [2.75, 3.05) is 11.1 Å². The Hall–Kier alpha value is -1.29. The summed E-state index contributed by atoms with van der Waals surface area (Å²) in [4.78, 5) is 4.29. The van der Waals surface area contributed by atoms with Gasteiger partial charge in [0.25, 0.3) is 0 Å². The van der Waals surface area contributed by atoms with Gasteiger partial charge < -0.3 is 15.8 Å². The Morgan fingerprint density at radius 2 is 2.38 bits per heavy atom. The molecule has 0 saturated carbocycles. The molecule has 2 fully saturated rings. The van der Waals surface area contributed by atoms with E-state index in [4.69, 9.17) is 10.5 Å². The number of nitrogen functional groups attached to an aromatic ring is 1. The average Bonchev–Trinajstić information content (AvgIpc) is 2.85. The van der Waals surface area contributed by atoms with E-state index in [1.807, 2.05) is 13.0 Å². The van der Waals surface area contributed by atoms with Crippen LogP contribution in [0, 0.1) is 6.92 Å². The first-order valence-corrected chi connectivity index (χ1v) is 5.86. The highest BCUT2D eigenvalue weighted by atomic mass is 16.5. The number of pyridine rings is 1. The van der Waals surface area contributed by atoms with Crippen LogP contribution >= 0.6 is 0 Å². The maximum Gasteiger partial charge on any atom is 0.126 e. The number of nitrogens with two attached hydrogens (primary N) is 1. The van der Waals surface area contributed by atoms with Crippen LogP contribution in [0.25, 0.3) is 0 Å². The molecule has 1 aromatic rings. The van der Waals surface area contributed by atoms with Gasteiger partial charge >= 0.3 is 0 Å². The molecule has 3 heterocycles. The van der Waals surface area contributed by atoms with Gasteiger partial charge in [-0.25, -0.2) is 4.98 Å². The molecule has 2 aliphatic rings. The second-order valence-electron chi connectivity index (χ2n) is 4.79. The summed E-state index contributed by atoms with van der Waals surface area (Å²) in [6.07, 6.45) is 6.07. The topological polar surface area (TPSA) is 60.2 Å². The van der Waals surface area contributed by atoms with Crippen molar-refractivity contribution in [3.05, 3.63) is 17.8 Å². The van der Waals surface area contributed by atoms with Crippen molar-refractivity contribution in [1.29, 1.82) is 0 Å². The van der Waals surface area contributed by atoms with Crippen LogP contribution in [-0.4, -0.2) is 23.2 Å². The monoisotopic (exact) mass is 219 g/mol. The highest BCUT2D eigenvalue weighted by Crippen LogP contribution is 2.35. The van der Waals surface area contributed by atoms with Crippen molar-refractivity contribution in [3.8, 4) is 0 Å². The zero-order valence-electron chi connectivity index (χ0n) is 9.44. The quantitative estimate of drug-likeness (QED) is 0.795. The largest absolute Gasteiger partial charge is 0.397 e. The fourth-order valence-corrected chi connectivity index (χ4v) is 2.63. The van der Waals surface area contributed by atoms with Gasteiger partial charge in [-0.2, -0.15) is 0 Å². The van der Waals surface area contributed by atoms with E-state index in [0.29, 0.717) is 18.2 Å². The molecule has 0 aromatic carbocycles. The van der Waals surface area contributed by atoms with Gasteiger partial charge in [-0.15, -0.1) is 0 Å². The van der Waals surface area contributed by atoms with Crippen molar-refractivity contribution in [1.82, 2.24) is 4.98 Å². The fourth-order valence-electron chi connectivity index (χ4n) is 2.63. The van der Waals surface area contributed by atoms with Crippen LogP contribution < -0.4 is 11.1 Å². The lowest BCUT2D eigenvalue weighted by Gasteiger charge is -2.20. The number of nitrogens with zero attached hydrogens (tertiary/aromatic N) is 1. The molecule has 4 heteroatoms. The summed E-state index contributed by atoms with van der Waals surface area (Å²) in [5.41, 5.74) is 7.56. The minimum Gasteiger partial charge on any atom is -0.397 e. The summed E-state index contributed by atoms with van der Waals surface area (Å²) in [7, 11) is 0. The standard InChI is InChI=1S/C12H17N3O/c1-7-4-12(14-6-9(7)13)15-10-5-8-2-3-11(10)16-8/h4,6,8,10-11H,2-3,5,13H2,1H3,(H,14,15). The molecule has 3 unspecified atom stereocenters. The second-order valence-corrected chi connectivity index (χ2v) is 4.79. The van der Waals surface area contributed by atoms with Crippen LogP contribution in [0.1, 0.15) is 24.8 Å². The van der Waals surface area contributed by atoms with E-state index in [2.05, 4.69) is 10.3 Å². The maximum absolute atomic E-state index is 5.80. The van der Waals surface area contributed by atoms with E-state index >= 15 is 0 Å². The Morgan fingerprint density at radius 3 is 3.00 bits per heavy atom. The van der Waals surface area contributed by atoms with E-state index in [1.54, 1.807) is 6.20 Å². The number of fused-ring (bicyclic) bond motifs is 2. The van der Waals surface area contributed by atoms with Gasteiger partial charge in [0.2, 0.25) is 0 Å². The molecule has 3 atom stereocenters. The second kappa shape index (κ2) is 3.63. The first-order chi connectivity index (χ1) is 7.72. The maximum atomic E-state index is 5.80. The number of hydrogen-bond donors (Lipinski definition) is 2. The zero-order chi connectivity index (χ0) is 11.1. The van der Waals surface area contributed by atoms with Crippen molar-refractivity contribution in [3.63, 3.8) is 0 Å². The van der Waals surface area contributed by atoms with Crippen molar-refractivity contribution < 1.29 is 4.74 Å². The zero-order valence-corrected chi connectivity index (χ0v) is 9.44. The Kier molecular flexibility index (Phi) is 2.24. The van der Waals surface area contributed by atoms with Crippen LogP contribution in [0.2, 0.25) is 0 Å². The number of hydrogen-bond acceptors (Lipinski definition) is 4. The van der Waals surface area contributed by atoms with Crippen molar-refractivity contribution in [2.45, 2.75) is 44.4 Å². The fraction of sp³-hybridized carbons (Fsp3) is 0.583. The lowest BCUT2D eigenvalue weighted by atomic mass is 9.95. The molecule has 3 rings (SSSR count). The van der Waals surface area contributed by atoms with Gasteiger partial charge in [-0.05, 0) is 37.8 Å². The van der Waals surface area contributed by atoms with Crippen molar-refractivity contribution >= 4 is 11.5 Å². The molecule has 4 nitrogen and oxygen atoms in total. The van der Waals surface area contributed by atoms with Gasteiger partial charge in [0.1, 0.15) is 5.82 Å². The summed E-state index contributed by atoms with van der Waals surface area (Å²) in [6, 6.07) is 2.43. The SMILES string of the molecule is Cc1cc(NC2CC3CCC2O3)ncc1N. The lowest BCUT2D eigenvalue weighted by molar-refractivity contribution is 0.102. The van der Waals surface area contributed by atoms with Gasteiger partial charge in [0, 0.05) is 0 Å². The summed E-state index contributed by atoms with van der Waals surface area (Å²) >= 11 is 0. The Morgan fingerprint density at radius 1 is 1.50 bits per heavy atom. The number of nitrogens with one attached hydrogen (secondary N) is 1. The number of ether oxygens (including phenoxy) is 1. The summed E-state index contributed by atoms with van der Waals surface area (Å²) < 4.78 is 5.80. The summed E-state index contributed by atoms with van der Waals surface area (Å²) in [5.74, 6) is 0.910. The van der Waals surface area contributed by atoms with Crippen LogP contribution in [-0.2, 0) is 4.74 Å². The molecule has 16 heavy (non-hydrogen) atoms. The third-order valence-electron chi connectivity index (χ3n) is 3.59. The predicted molar refractivity (Wildman–Crippen MR) is 63.3 cm³/mol. The van der Waals surface area contributed by atoms with Crippen LogP contribution in [0.5, 0.6) is 0 Å². The molecule has 0 aliphatic carbocycles. The molecule has 86 valence electrons. The molecule has 2 saturated heterocycles. The van der Waals surface area contributed by atoms with Crippen LogP contribution in [0.3, 0.4) is 0 Å². The first-order valence-electron chi connectivity index (χ1n) is 5.86. The molecule has 2 aliphatic heterocycles. The van der Waals surface area contributed by atoms with Crippen LogP contribution in [0.15, 0.2) is 12.3 Å². The van der Waals surface area contributed by atoms with E-state index in [0.717, 1.165) is 23.5 Å². The third-order valence-corrected chi connectivity index (χ3v) is 3.59. The van der Waals surface area contributed by atoms with Crippen molar-refractivity contribution in [2.24, 2.45) is 0 Å². The molecule has 3 N–H and O–H groups in total. The Labute approximate surface area is 95.2 Å². The molecule has 0 radical (unpaired) electrons. The molecule has 0 amide bonds. The van der Waals surface area contributed by atoms with E-state index in [-0.39, 0.29) is 0 Å². The number of aromatic nitrogens is 1. The predicted octanol–water partition coefficient (Wildman–Crippen LogP) is 1.70. The summed E-state index contributed by atoms with van der Waals surface area (Å²) in [5, 5.41) is 3.45. The number of anilines is 2. The van der Waals surface area contributed by atoms with Gasteiger partial charge in [0.15, 0.2) is 0 Å². The lowest BCUT2D eigenvalue weighted by Crippen LogP contribution is -2.30. The minimum atomic E-state index is 0.379. The Balaban J connectivity index is 1.72. The van der Waals surface area contributed by atoms with E-state index < -0.39 is 0 Å². The Bertz CT molecular complexity index is 407. The van der Waals surface area contributed by atoms with E-state index in [1.165, 1.54) is 12.8 Å². The molecular formula is C12H17N3O. The summed E-state index contributed by atoms with van der Waals surface area (Å²) in [6.45, 7) is 2.00. The minimum absolute atomic E-state index is 0.379. The van der Waals surface area contributed by atoms with Crippen LogP contribution in [0.4, 0.5) is 11.5 Å². The first kappa shape index (κ1) is 9.90. The average molecular weight is 219 g/mol. The van der Waals surface area contributed by atoms with E-state index in [9.17, 15) is 0 Å².